The number of ether oxygens (including phenoxy) is 1. The lowest BCUT2D eigenvalue weighted by atomic mass is 10.0. The van der Waals surface area contributed by atoms with Gasteiger partial charge in [-0.1, -0.05) is 36.4 Å². The number of halogens is 3. The van der Waals surface area contributed by atoms with E-state index in [1.807, 2.05) is 30.3 Å². The Hall–Kier alpha value is -3.93. The van der Waals surface area contributed by atoms with Crippen LogP contribution in [0.3, 0.4) is 0 Å². The van der Waals surface area contributed by atoms with E-state index in [2.05, 4.69) is 4.98 Å². The number of nitrogens with zero attached hydrogens (tertiary/aromatic N) is 3. The summed E-state index contributed by atoms with van der Waals surface area (Å²) in [6.45, 7) is 3.28. The summed E-state index contributed by atoms with van der Waals surface area (Å²) in [7, 11) is -5.57. The average Bonchev–Trinajstić information content (AvgIpc) is 3.02. The lowest BCUT2D eigenvalue weighted by Gasteiger charge is -2.28. The van der Waals surface area contributed by atoms with Crippen molar-refractivity contribution in [2.75, 3.05) is 4.90 Å². The van der Waals surface area contributed by atoms with E-state index in [4.69, 9.17) is 4.74 Å². The third kappa shape index (κ3) is 4.88. The van der Waals surface area contributed by atoms with Crippen molar-refractivity contribution in [3.05, 3.63) is 84.1 Å². The molecule has 12 heteroatoms. The Morgan fingerprint density at radius 1 is 0.946 bits per heavy atom. The quantitative estimate of drug-likeness (QED) is 0.409. The van der Waals surface area contributed by atoms with Gasteiger partial charge in [-0.2, -0.15) is 13.2 Å². The Bertz CT molecular complexity index is 1430. The third-order valence-corrected chi connectivity index (χ3v) is 7.43. The number of aromatic nitrogens is 1. The molecule has 8 nitrogen and oxygen atoms in total. The number of alkyl halides is 3. The summed E-state index contributed by atoms with van der Waals surface area (Å²) in [6.07, 6.45) is 1.54. The van der Waals surface area contributed by atoms with Crippen LogP contribution in [0.5, 0.6) is 5.88 Å². The van der Waals surface area contributed by atoms with E-state index >= 15 is 0 Å². The van der Waals surface area contributed by atoms with Crippen molar-refractivity contribution in [3.63, 3.8) is 0 Å². The summed E-state index contributed by atoms with van der Waals surface area (Å²) in [4.78, 5) is 31.9. The Balaban J connectivity index is 1.58. The molecule has 1 aliphatic rings. The van der Waals surface area contributed by atoms with Crippen LogP contribution in [0.15, 0.2) is 77.8 Å². The molecule has 0 bridgehead atoms. The number of hydrogen-bond donors (Lipinski definition) is 0. The molecule has 194 valence electrons. The second-order valence-electron chi connectivity index (χ2n) is 8.75. The summed E-state index contributed by atoms with van der Waals surface area (Å²) < 4.78 is 67.7. The molecule has 1 fully saturated rings. The molecule has 0 aliphatic carbocycles. The zero-order valence-electron chi connectivity index (χ0n) is 19.8. The van der Waals surface area contributed by atoms with E-state index < -0.39 is 37.7 Å². The smallest absolute Gasteiger partial charge is 0.473 e. The highest BCUT2D eigenvalue weighted by Crippen LogP contribution is 2.36. The molecule has 0 atom stereocenters. The predicted molar refractivity (Wildman–Crippen MR) is 127 cm³/mol. The number of anilines is 1. The van der Waals surface area contributed by atoms with Gasteiger partial charge in [-0.3, -0.25) is 4.79 Å². The van der Waals surface area contributed by atoms with E-state index in [1.54, 1.807) is 12.1 Å². The van der Waals surface area contributed by atoms with Crippen LogP contribution in [0.1, 0.15) is 25.0 Å². The minimum absolute atomic E-state index is 0.0351. The molecule has 0 spiro atoms. The van der Waals surface area contributed by atoms with Gasteiger partial charge in [0.25, 0.3) is 15.7 Å². The summed E-state index contributed by atoms with van der Waals surface area (Å²) in [5.74, 6) is -0.345. The van der Waals surface area contributed by atoms with Crippen LogP contribution in [0, 0.1) is 0 Å². The first-order valence-corrected chi connectivity index (χ1v) is 12.5. The number of imide groups is 1. The predicted octanol–water partition coefficient (Wildman–Crippen LogP) is 4.70. The molecule has 2 heterocycles. The van der Waals surface area contributed by atoms with Crippen LogP contribution in [-0.4, -0.2) is 41.3 Å². The number of benzene rings is 2. The first-order valence-electron chi connectivity index (χ1n) is 11.0. The van der Waals surface area contributed by atoms with E-state index in [-0.39, 0.29) is 24.7 Å². The number of pyridine rings is 1. The molecule has 1 aliphatic heterocycles. The number of hydrogen-bond acceptors (Lipinski definition) is 6. The highest BCUT2D eigenvalue weighted by atomic mass is 32.2. The van der Waals surface area contributed by atoms with Gasteiger partial charge in [0.2, 0.25) is 5.88 Å². The minimum Gasteiger partial charge on any atom is -0.473 e. The Labute approximate surface area is 211 Å². The van der Waals surface area contributed by atoms with Gasteiger partial charge in [-0.15, -0.1) is 0 Å². The highest BCUT2D eigenvalue weighted by Gasteiger charge is 2.52. The number of amides is 3. The summed E-state index contributed by atoms with van der Waals surface area (Å²) in [5, 5.41) is 0. The van der Waals surface area contributed by atoms with Crippen molar-refractivity contribution in [1.82, 2.24) is 9.88 Å². The number of carbonyl (C=O) groups excluding carboxylic acids is 2. The molecular formula is C25H22F3N3O5S. The fourth-order valence-electron chi connectivity index (χ4n) is 3.81. The molecule has 4 rings (SSSR count). The van der Waals surface area contributed by atoms with Gasteiger partial charge >= 0.3 is 11.5 Å². The molecule has 0 saturated carbocycles. The SMILES string of the molecule is CC1(C)C(=O)N(c2ccc(S(=O)(=O)C(F)(F)F)cc2)C(=O)N1Cc1cccnc1OCc1ccccc1. The summed E-state index contributed by atoms with van der Waals surface area (Å²) in [6, 6.07) is 15.5. The van der Waals surface area contributed by atoms with E-state index in [0.717, 1.165) is 22.6 Å². The molecule has 1 saturated heterocycles. The Morgan fingerprint density at radius 3 is 2.22 bits per heavy atom. The molecule has 3 amide bonds. The number of rotatable bonds is 7. The molecule has 3 aromatic rings. The number of urea groups is 1. The zero-order valence-corrected chi connectivity index (χ0v) is 20.6. The first kappa shape index (κ1) is 26.1. The molecule has 37 heavy (non-hydrogen) atoms. The van der Waals surface area contributed by atoms with Crippen molar-refractivity contribution >= 4 is 27.5 Å². The standard InChI is InChI=1S/C25H22F3N3O5S/c1-24(2)22(32)31(19-10-12-20(13-11-19)37(34,35)25(26,27)28)23(33)30(24)15-18-9-6-14-29-21(18)36-16-17-7-4-3-5-8-17/h3-14H,15-16H2,1-2H3. The number of carbonyl (C=O) groups is 2. The fourth-order valence-corrected chi connectivity index (χ4v) is 4.57. The van der Waals surface area contributed by atoms with Gasteiger partial charge in [0, 0.05) is 11.8 Å². The molecule has 2 aromatic carbocycles. The van der Waals surface area contributed by atoms with Gasteiger partial charge < -0.3 is 9.64 Å². The van der Waals surface area contributed by atoms with E-state index in [9.17, 15) is 31.2 Å². The normalized spacial score (nSPS) is 15.8. The minimum atomic E-state index is -5.57. The van der Waals surface area contributed by atoms with Gasteiger partial charge in [0.05, 0.1) is 17.1 Å². The van der Waals surface area contributed by atoms with Crippen LogP contribution >= 0.6 is 0 Å². The van der Waals surface area contributed by atoms with Gasteiger partial charge in [0.1, 0.15) is 12.1 Å². The molecule has 0 radical (unpaired) electrons. The second kappa shape index (κ2) is 9.51. The topological polar surface area (TPSA) is 96.9 Å². The van der Waals surface area contributed by atoms with Gasteiger partial charge in [0.15, 0.2) is 0 Å². The molecule has 0 N–H and O–H groups in total. The van der Waals surface area contributed by atoms with Crippen molar-refractivity contribution in [2.24, 2.45) is 0 Å². The van der Waals surface area contributed by atoms with Gasteiger partial charge in [-0.25, -0.2) is 23.1 Å². The molecule has 1 aromatic heterocycles. The summed E-state index contributed by atoms with van der Waals surface area (Å²) >= 11 is 0. The lowest BCUT2D eigenvalue weighted by Crippen LogP contribution is -2.43. The van der Waals surface area contributed by atoms with Gasteiger partial charge in [-0.05, 0) is 49.7 Å². The Kier molecular flexibility index (Phi) is 6.72. The fraction of sp³-hybridized carbons (Fsp3) is 0.240. The van der Waals surface area contributed by atoms with Crippen molar-refractivity contribution < 1.29 is 35.9 Å². The monoisotopic (exact) mass is 533 g/mol. The average molecular weight is 534 g/mol. The maximum Gasteiger partial charge on any atom is 0.501 e. The first-order chi connectivity index (χ1) is 17.3. The van der Waals surface area contributed by atoms with Crippen LogP contribution in [0.4, 0.5) is 23.7 Å². The largest absolute Gasteiger partial charge is 0.501 e. The highest BCUT2D eigenvalue weighted by molar-refractivity contribution is 7.92. The van der Waals surface area contributed by atoms with Crippen LogP contribution in [0.2, 0.25) is 0 Å². The van der Waals surface area contributed by atoms with Crippen LogP contribution in [-0.2, 0) is 27.8 Å². The number of sulfone groups is 1. The summed E-state index contributed by atoms with van der Waals surface area (Å²) in [5.41, 5.74) is -5.40. The second-order valence-corrected chi connectivity index (χ2v) is 10.7. The maximum atomic E-state index is 13.3. The Morgan fingerprint density at radius 2 is 1.59 bits per heavy atom. The van der Waals surface area contributed by atoms with Crippen LogP contribution < -0.4 is 9.64 Å². The van der Waals surface area contributed by atoms with E-state index in [0.29, 0.717) is 17.7 Å². The van der Waals surface area contributed by atoms with Crippen molar-refractivity contribution in [2.45, 2.75) is 42.9 Å². The lowest BCUT2D eigenvalue weighted by molar-refractivity contribution is -0.123. The van der Waals surface area contributed by atoms with Crippen LogP contribution in [0.25, 0.3) is 0 Å². The van der Waals surface area contributed by atoms with Crippen molar-refractivity contribution in [3.8, 4) is 5.88 Å². The van der Waals surface area contributed by atoms with Crippen molar-refractivity contribution in [1.29, 1.82) is 0 Å². The molecule has 0 unspecified atom stereocenters. The molecular weight excluding hydrogens is 511 g/mol. The zero-order chi connectivity index (χ0) is 27.0. The maximum absolute atomic E-state index is 13.3. The third-order valence-electron chi connectivity index (χ3n) is 5.93. The van der Waals surface area contributed by atoms with E-state index in [1.165, 1.54) is 24.9 Å².